The van der Waals surface area contributed by atoms with Gasteiger partial charge >= 0.3 is 25.7 Å². The van der Waals surface area contributed by atoms with Gasteiger partial charge in [-0.2, -0.15) is 0 Å². The molecule has 0 radical (unpaired) electrons. The van der Waals surface area contributed by atoms with Gasteiger partial charge in [0, 0.05) is 12.8 Å². The van der Waals surface area contributed by atoms with E-state index in [2.05, 4.69) is 79.1 Å². The highest BCUT2D eigenvalue weighted by Gasteiger charge is 2.36. The van der Waals surface area contributed by atoms with E-state index in [1.165, 1.54) is 44.9 Å². The van der Waals surface area contributed by atoms with Gasteiger partial charge in [0.05, 0.1) is 25.4 Å². The van der Waals surface area contributed by atoms with Crippen molar-refractivity contribution < 1.29 is 52.2 Å². The van der Waals surface area contributed by atoms with E-state index < -0.39 is 51.1 Å². The number of nitrogens with two attached hydrogens (primary N) is 1. The number of carbonyl (C=O) groups excluding carboxylic acids is 2. The zero-order valence-corrected chi connectivity index (χ0v) is 37.2. The molecular formula is C46H78NO11P. The number of hydrogen-bond acceptors (Lipinski definition) is 10. The number of ether oxygens (including phenoxy) is 3. The van der Waals surface area contributed by atoms with Crippen LogP contribution in [0.4, 0.5) is 0 Å². The van der Waals surface area contributed by atoms with Gasteiger partial charge in [-0.05, 0) is 83.5 Å². The molecule has 0 aromatic heterocycles. The third kappa shape index (κ3) is 34.5. The van der Waals surface area contributed by atoms with Crippen LogP contribution in [0.25, 0.3) is 0 Å². The van der Waals surface area contributed by atoms with Gasteiger partial charge in [0.2, 0.25) is 0 Å². The molecule has 0 bridgehead atoms. The van der Waals surface area contributed by atoms with Crippen LogP contribution in [0.2, 0.25) is 0 Å². The summed E-state index contributed by atoms with van der Waals surface area (Å²) in [6.07, 6.45) is 44.4. The minimum absolute atomic E-state index is 0.115. The van der Waals surface area contributed by atoms with Crippen molar-refractivity contribution in [3.63, 3.8) is 0 Å². The molecule has 0 aromatic carbocycles. The Morgan fingerprint density at radius 1 is 0.627 bits per heavy atom. The van der Waals surface area contributed by atoms with Gasteiger partial charge in [-0.25, -0.2) is 4.57 Å². The Labute approximate surface area is 355 Å². The lowest BCUT2D eigenvalue weighted by atomic mass is 10.1. The van der Waals surface area contributed by atoms with E-state index in [9.17, 15) is 23.8 Å². The number of allylic oxidation sites excluding steroid dienone is 9. The predicted molar refractivity (Wildman–Crippen MR) is 235 cm³/mol. The Bertz CT molecular complexity index is 1300. The molecule has 1 fully saturated rings. The summed E-state index contributed by atoms with van der Waals surface area (Å²) in [7, 11) is -4.74. The number of hydrogen-bond donors (Lipinski definition) is 3. The van der Waals surface area contributed by atoms with E-state index in [1.807, 2.05) is 0 Å². The minimum Gasteiger partial charge on any atom is -0.480 e. The standard InChI is InChI=1S/C46H78NO11P/c1-3-5-7-9-11-12-13-14-15-16-17-18-19-20-21-22-23-27-32-36-45(49)57-40(38-55-59(52,53)56-39-41(47)46(50)51)37-54-44(48)35-31-28-24-26-30-34-43-42(58-43)33-29-25-10-8-6-4-2/h11-12,14-15,17-18,20-21,25,29,40-43H,3-10,13,16,19,22-24,26-28,30-39,47H2,1-2H3,(H,50,51)(H,52,53)/b12-11-,15-14-,18-17-,21-20-,29-25-/t40-,41+,42?,43?/m1/s1. The lowest BCUT2D eigenvalue weighted by molar-refractivity contribution is -0.161. The first-order valence-electron chi connectivity index (χ1n) is 22.4. The van der Waals surface area contributed by atoms with Crippen LogP contribution in [0.5, 0.6) is 0 Å². The van der Waals surface area contributed by atoms with E-state index in [0.717, 1.165) is 83.5 Å². The van der Waals surface area contributed by atoms with Crippen LogP contribution in [0.1, 0.15) is 168 Å². The van der Waals surface area contributed by atoms with Crippen LogP contribution in [-0.2, 0) is 42.2 Å². The van der Waals surface area contributed by atoms with Crippen LogP contribution in [-0.4, -0.2) is 72.1 Å². The molecule has 0 aliphatic carbocycles. The van der Waals surface area contributed by atoms with Gasteiger partial charge in [0.25, 0.3) is 0 Å². The van der Waals surface area contributed by atoms with Gasteiger partial charge in [0.1, 0.15) is 12.6 Å². The van der Waals surface area contributed by atoms with Gasteiger partial charge in [0.15, 0.2) is 6.10 Å². The van der Waals surface area contributed by atoms with Crippen molar-refractivity contribution >= 4 is 25.7 Å². The number of carbonyl (C=O) groups is 3. The summed E-state index contributed by atoms with van der Waals surface area (Å²) in [5.74, 6) is -2.45. The fourth-order valence-electron chi connectivity index (χ4n) is 5.99. The van der Waals surface area contributed by atoms with Crippen LogP contribution in [0, 0.1) is 0 Å². The van der Waals surface area contributed by atoms with Crippen LogP contribution < -0.4 is 5.73 Å². The van der Waals surface area contributed by atoms with Crippen LogP contribution >= 0.6 is 7.82 Å². The average Bonchev–Trinajstić information content (AvgIpc) is 3.97. The third-order valence-electron chi connectivity index (χ3n) is 9.66. The molecule has 13 heteroatoms. The fraction of sp³-hybridized carbons (Fsp3) is 0.717. The molecule has 5 atom stereocenters. The number of phosphoric ester groups is 1. The zero-order valence-electron chi connectivity index (χ0n) is 36.3. The molecule has 1 aliphatic rings. The second-order valence-electron chi connectivity index (χ2n) is 15.2. The smallest absolute Gasteiger partial charge is 0.472 e. The number of rotatable bonds is 40. The van der Waals surface area contributed by atoms with Crippen LogP contribution in [0.15, 0.2) is 60.8 Å². The normalized spacial score (nSPS) is 17.7. The van der Waals surface area contributed by atoms with E-state index in [0.29, 0.717) is 25.0 Å². The first-order valence-corrected chi connectivity index (χ1v) is 23.9. The SMILES string of the molecule is CCCCC/C=C\C/C=C\C/C=C\C/C=C\CCCCCC(=O)O[C@H](COC(=O)CCCCCCCC1OC1C/C=C\CCCCC)COP(=O)(O)OC[C@H](N)C(=O)O. The summed E-state index contributed by atoms with van der Waals surface area (Å²) < 4.78 is 38.5. The molecule has 1 saturated heterocycles. The average molecular weight is 852 g/mol. The number of carboxylic acids is 1. The zero-order chi connectivity index (χ0) is 43.2. The van der Waals surface area contributed by atoms with Gasteiger partial charge in [-0.1, -0.05) is 132 Å². The largest absolute Gasteiger partial charge is 0.480 e. The van der Waals surface area contributed by atoms with Crippen molar-refractivity contribution in [1.82, 2.24) is 0 Å². The van der Waals surface area contributed by atoms with Crippen molar-refractivity contribution in [3.05, 3.63) is 60.8 Å². The maximum Gasteiger partial charge on any atom is 0.472 e. The van der Waals surface area contributed by atoms with E-state index in [-0.39, 0.29) is 19.4 Å². The summed E-state index contributed by atoms with van der Waals surface area (Å²) in [4.78, 5) is 46.0. The Morgan fingerprint density at radius 3 is 1.71 bits per heavy atom. The molecule has 12 nitrogen and oxygen atoms in total. The lowest BCUT2D eigenvalue weighted by Crippen LogP contribution is -2.34. The second-order valence-corrected chi connectivity index (χ2v) is 16.7. The number of unbranched alkanes of at least 4 members (excludes halogenated alkanes) is 13. The molecule has 59 heavy (non-hydrogen) atoms. The van der Waals surface area contributed by atoms with Crippen molar-refractivity contribution in [2.24, 2.45) is 5.73 Å². The fourth-order valence-corrected chi connectivity index (χ4v) is 6.77. The molecule has 338 valence electrons. The minimum atomic E-state index is -4.74. The van der Waals surface area contributed by atoms with Crippen molar-refractivity contribution in [1.29, 1.82) is 0 Å². The van der Waals surface area contributed by atoms with E-state index >= 15 is 0 Å². The number of aliphatic carboxylic acids is 1. The van der Waals surface area contributed by atoms with Gasteiger partial charge < -0.3 is 29.9 Å². The maximum absolute atomic E-state index is 12.6. The molecule has 0 spiro atoms. The Kier molecular flexibility index (Phi) is 33.9. The molecule has 0 aromatic rings. The molecule has 4 N–H and O–H groups in total. The highest BCUT2D eigenvalue weighted by molar-refractivity contribution is 7.47. The highest BCUT2D eigenvalue weighted by atomic mass is 31.2. The summed E-state index contributed by atoms with van der Waals surface area (Å²) >= 11 is 0. The van der Waals surface area contributed by atoms with Crippen molar-refractivity contribution in [2.45, 2.75) is 192 Å². The molecule has 3 unspecified atom stereocenters. The number of carboxylic acid groups (broad SMARTS) is 1. The summed E-state index contributed by atoms with van der Waals surface area (Å²) in [6, 6.07) is -1.53. The van der Waals surface area contributed by atoms with E-state index in [1.54, 1.807) is 0 Å². The van der Waals surface area contributed by atoms with Gasteiger partial charge in [-0.15, -0.1) is 0 Å². The quantitative estimate of drug-likeness (QED) is 0.0174. The van der Waals surface area contributed by atoms with Crippen molar-refractivity contribution in [3.8, 4) is 0 Å². The monoisotopic (exact) mass is 852 g/mol. The summed E-state index contributed by atoms with van der Waals surface area (Å²) in [6.45, 7) is 2.68. The Balaban J connectivity index is 2.32. The molecule has 1 aliphatic heterocycles. The molecular weight excluding hydrogens is 773 g/mol. The second kappa shape index (κ2) is 36.9. The van der Waals surface area contributed by atoms with Crippen LogP contribution in [0.3, 0.4) is 0 Å². The molecule has 1 heterocycles. The molecule has 0 amide bonds. The third-order valence-corrected chi connectivity index (χ3v) is 10.6. The first kappa shape index (κ1) is 54.2. The molecule has 0 saturated carbocycles. The first-order chi connectivity index (χ1) is 28.6. The summed E-state index contributed by atoms with van der Waals surface area (Å²) in [5.41, 5.74) is 5.33. The lowest BCUT2D eigenvalue weighted by Gasteiger charge is -2.20. The summed E-state index contributed by atoms with van der Waals surface area (Å²) in [5, 5.41) is 8.90. The topological polar surface area (TPSA) is 184 Å². The van der Waals surface area contributed by atoms with Crippen molar-refractivity contribution in [2.75, 3.05) is 19.8 Å². The highest BCUT2D eigenvalue weighted by Crippen LogP contribution is 2.43. The molecule has 1 rings (SSSR count). The van der Waals surface area contributed by atoms with E-state index in [4.69, 9.17) is 29.6 Å². The van der Waals surface area contributed by atoms with Gasteiger partial charge in [-0.3, -0.25) is 23.4 Å². The number of epoxide rings is 1. The number of esters is 2. The predicted octanol–water partition coefficient (Wildman–Crippen LogP) is 10.9. The Hall–Kier alpha value is -2.86. The maximum atomic E-state index is 12.6. The Morgan fingerprint density at radius 2 is 1.12 bits per heavy atom. The number of phosphoric acid groups is 1.